The van der Waals surface area contributed by atoms with Crippen molar-refractivity contribution in [2.75, 3.05) is 13.1 Å². The number of nitrogens with zero attached hydrogens (tertiary/aromatic N) is 3. The Kier molecular flexibility index (Phi) is 8.13. The molecule has 2 aromatic heterocycles. The molecule has 0 unspecified atom stereocenters. The number of benzene rings is 1. The van der Waals surface area contributed by atoms with Gasteiger partial charge < -0.3 is 4.90 Å². The molecule has 0 bridgehead atoms. The Hall–Kier alpha value is -3.01. The normalized spacial score (nSPS) is 10.7. The predicted octanol–water partition coefficient (Wildman–Crippen LogP) is 5.58. The molecule has 3 rings (SSSR count). The maximum absolute atomic E-state index is 13.3. The zero-order valence-electron chi connectivity index (χ0n) is 18.1. The number of pyridine rings is 2. The molecule has 156 valence electrons. The highest BCUT2D eigenvalue weighted by molar-refractivity contribution is 5.99. The van der Waals surface area contributed by atoms with Crippen LogP contribution in [-0.2, 0) is 12.8 Å². The lowest BCUT2D eigenvalue weighted by Gasteiger charge is -2.23. The first-order valence-electron chi connectivity index (χ1n) is 11.0. The summed E-state index contributed by atoms with van der Waals surface area (Å²) in [4.78, 5) is 23.9. The molecule has 0 aliphatic heterocycles. The van der Waals surface area contributed by atoms with Crippen molar-refractivity contribution < 1.29 is 4.79 Å². The van der Waals surface area contributed by atoms with Crippen molar-refractivity contribution >= 4 is 5.91 Å². The molecule has 4 nitrogen and oxygen atoms in total. The van der Waals surface area contributed by atoms with Gasteiger partial charge in [0.25, 0.3) is 5.91 Å². The molecule has 0 atom stereocenters. The summed E-state index contributed by atoms with van der Waals surface area (Å²) in [6.45, 7) is 5.83. The maximum atomic E-state index is 13.3. The molecule has 1 amide bonds. The van der Waals surface area contributed by atoms with Crippen LogP contribution in [0.15, 0.2) is 67.1 Å². The van der Waals surface area contributed by atoms with E-state index < -0.39 is 0 Å². The van der Waals surface area contributed by atoms with Gasteiger partial charge in [-0.15, -0.1) is 0 Å². The molecule has 4 heteroatoms. The van der Waals surface area contributed by atoms with Crippen LogP contribution in [-0.4, -0.2) is 33.9 Å². The van der Waals surface area contributed by atoms with Gasteiger partial charge in [0.15, 0.2) is 0 Å². The van der Waals surface area contributed by atoms with E-state index in [1.807, 2.05) is 29.2 Å². The molecule has 0 aliphatic carbocycles. The Morgan fingerprint density at radius 1 is 0.900 bits per heavy atom. The van der Waals surface area contributed by atoms with Gasteiger partial charge in [-0.1, -0.05) is 38.1 Å². The number of amides is 1. The lowest BCUT2D eigenvalue weighted by atomic mass is 10.0. The van der Waals surface area contributed by atoms with E-state index in [1.54, 1.807) is 18.6 Å². The Bertz CT molecular complexity index is 940. The number of aromatic nitrogens is 2. The first-order valence-corrected chi connectivity index (χ1v) is 11.0. The second-order valence-electron chi connectivity index (χ2n) is 7.56. The van der Waals surface area contributed by atoms with E-state index in [0.717, 1.165) is 56.5 Å². The van der Waals surface area contributed by atoms with Gasteiger partial charge >= 0.3 is 0 Å². The minimum atomic E-state index is 0.0599. The lowest BCUT2D eigenvalue weighted by Crippen LogP contribution is -2.33. The second kappa shape index (κ2) is 11.2. The summed E-state index contributed by atoms with van der Waals surface area (Å²) in [5.74, 6) is 0.0599. The lowest BCUT2D eigenvalue weighted by molar-refractivity contribution is 0.0753. The van der Waals surface area contributed by atoms with E-state index in [-0.39, 0.29) is 5.91 Å². The van der Waals surface area contributed by atoms with Gasteiger partial charge in [0.1, 0.15) is 0 Å². The number of rotatable bonds is 10. The van der Waals surface area contributed by atoms with Crippen molar-refractivity contribution in [2.24, 2.45) is 0 Å². The van der Waals surface area contributed by atoms with Gasteiger partial charge in [0, 0.05) is 37.2 Å². The van der Waals surface area contributed by atoms with Crippen LogP contribution in [0.25, 0.3) is 11.3 Å². The third-order valence-corrected chi connectivity index (χ3v) is 5.32. The first kappa shape index (κ1) is 21.7. The Balaban J connectivity index is 1.65. The number of carbonyl (C=O) groups excluding carboxylic acids is 1. The number of unbranched alkanes of at least 4 members (excludes halogenated alkanes) is 1. The molecule has 1 aromatic carbocycles. The number of hydrogen-bond acceptors (Lipinski definition) is 3. The van der Waals surface area contributed by atoms with Crippen molar-refractivity contribution in [3.63, 3.8) is 0 Å². The fourth-order valence-electron chi connectivity index (χ4n) is 3.71. The quantitative estimate of drug-likeness (QED) is 0.417. The monoisotopic (exact) mass is 401 g/mol. The van der Waals surface area contributed by atoms with E-state index in [4.69, 9.17) is 0 Å². The zero-order valence-corrected chi connectivity index (χ0v) is 18.1. The summed E-state index contributed by atoms with van der Waals surface area (Å²) >= 11 is 0. The van der Waals surface area contributed by atoms with Gasteiger partial charge in [0.2, 0.25) is 0 Å². The Morgan fingerprint density at radius 3 is 2.47 bits per heavy atom. The summed E-state index contributed by atoms with van der Waals surface area (Å²) in [6.07, 6.45) is 10.3. The number of carbonyl (C=O) groups is 1. The topological polar surface area (TPSA) is 46.1 Å². The smallest absolute Gasteiger partial charge is 0.256 e. The van der Waals surface area contributed by atoms with Gasteiger partial charge in [-0.25, -0.2) is 0 Å². The molecule has 0 aliphatic rings. The van der Waals surface area contributed by atoms with E-state index in [2.05, 4.69) is 48.1 Å². The molecule has 30 heavy (non-hydrogen) atoms. The predicted molar refractivity (Wildman–Crippen MR) is 122 cm³/mol. The van der Waals surface area contributed by atoms with Crippen molar-refractivity contribution in [3.8, 4) is 11.3 Å². The standard InChI is InChI=1S/C26H31N3O/c1-3-18-29(19-6-5-9-22-11-7-10-21(4-2)20-22)26(30)24-12-8-15-28-25(24)23-13-16-27-17-14-23/h7-8,10-17,20H,3-6,9,18-19H2,1-2H3. The highest BCUT2D eigenvalue weighted by Gasteiger charge is 2.19. The van der Waals surface area contributed by atoms with Crippen LogP contribution >= 0.6 is 0 Å². The second-order valence-corrected chi connectivity index (χ2v) is 7.56. The Morgan fingerprint density at radius 2 is 1.70 bits per heavy atom. The summed E-state index contributed by atoms with van der Waals surface area (Å²) in [6, 6.07) is 16.3. The molecule has 0 saturated carbocycles. The average molecular weight is 402 g/mol. The number of hydrogen-bond donors (Lipinski definition) is 0. The summed E-state index contributed by atoms with van der Waals surface area (Å²) in [7, 11) is 0. The molecule has 2 heterocycles. The van der Waals surface area contributed by atoms with Crippen LogP contribution in [0.5, 0.6) is 0 Å². The molecule has 0 fully saturated rings. The van der Waals surface area contributed by atoms with Crippen LogP contribution < -0.4 is 0 Å². The van der Waals surface area contributed by atoms with Crippen molar-refractivity contribution in [3.05, 3.63) is 83.8 Å². The zero-order chi connectivity index (χ0) is 21.2. The minimum Gasteiger partial charge on any atom is -0.339 e. The van der Waals surface area contributed by atoms with Crippen LogP contribution in [0.3, 0.4) is 0 Å². The Labute approximate surface area is 180 Å². The van der Waals surface area contributed by atoms with Crippen LogP contribution in [0.1, 0.15) is 54.6 Å². The van der Waals surface area contributed by atoms with Crippen molar-refractivity contribution in [1.82, 2.24) is 14.9 Å². The molecule has 0 radical (unpaired) electrons. The molecular weight excluding hydrogens is 370 g/mol. The SMILES string of the molecule is CCCN(CCCCc1cccc(CC)c1)C(=O)c1cccnc1-c1ccncc1. The molecule has 0 saturated heterocycles. The maximum Gasteiger partial charge on any atom is 0.256 e. The number of aryl methyl sites for hydroxylation is 2. The van der Waals surface area contributed by atoms with Crippen molar-refractivity contribution in [2.45, 2.75) is 46.0 Å². The van der Waals surface area contributed by atoms with E-state index in [9.17, 15) is 4.79 Å². The van der Waals surface area contributed by atoms with Gasteiger partial charge in [-0.3, -0.25) is 14.8 Å². The highest BCUT2D eigenvalue weighted by Crippen LogP contribution is 2.22. The highest BCUT2D eigenvalue weighted by atomic mass is 16.2. The van der Waals surface area contributed by atoms with E-state index >= 15 is 0 Å². The molecule has 0 spiro atoms. The summed E-state index contributed by atoms with van der Waals surface area (Å²) in [5, 5.41) is 0. The fraction of sp³-hybridized carbons (Fsp3) is 0.346. The molecule has 0 N–H and O–H groups in total. The largest absolute Gasteiger partial charge is 0.339 e. The van der Waals surface area contributed by atoms with E-state index in [1.165, 1.54) is 11.1 Å². The fourth-order valence-corrected chi connectivity index (χ4v) is 3.71. The van der Waals surface area contributed by atoms with Gasteiger partial charge in [-0.05, 0) is 67.5 Å². The van der Waals surface area contributed by atoms with Gasteiger partial charge in [-0.2, -0.15) is 0 Å². The first-order chi connectivity index (χ1) is 14.7. The van der Waals surface area contributed by atoms with Crippen LogP contribution in [0.4, 0.5) is 0 Å². The van der Waals surface area contributed by atoms with Crippen molar-refractivity contribution in [1.29, 1.82) is 0 Å². The third-order valence-electron chi connectivity index (χ3n) is 5.32. The van der Waals surface area contributed by atoms with Crippen LogP contribution in [0.2, 0.25) is 0 Å². The van der Waals surface area contributed by atoms with E-state index in [0.29, 0.717) is 5.56 Å². The third kappa shape index (κ3) is 5.76. The molecule has 3 aromatic rings. The van der Waals surface area contributed by atoms with Gasteiger partial charge in [0.05, 0.1) is 11.3 Å². The average Bonchev–Trinajstić information content (AvgIpc) is 2.81. The van der Waals surface area contributed by atoms with Crippen LogP contribution in [0, 0.1) is 0 Å². The minimum absolute atomic E-state index is 0.0599. The molecular formula is C26H31N3O. The summed E-state index contributed by atoms with van der Waals surface area (Å²) < 4.78 is 0. The summed E-state index contributed by atoms with van der Waals surface area (Å²) in [5.41, 5.74) is 5.07.